The van der Waals surface area contributed by atoms with Crippen LogP contribution in [0.1, 0.15) is 69.4 Å². The molecule has 0 saturated carbocycles. The standard InChI is InChI=1S/C26H36N2O5S/c1-5-7-14-26(15-8-6-2)18-34(32,33)23-13-12-20(27(3)4)17-22(23)24(25(26)29)19-10-9-11-21(16-19)28(30)31/h9-13,16-17,24-25,29H,5-8,14-15,18H2,1-4H3. The van der Waals surface area contributed by atoms with Crippen molar-refractivity contribution in [1.29, 1.82) is 0 Å². The summed E-state index contributed by atoms with van der Waals surface area (Å²) in [5.74, 6) is -0.818. The Hall–Kier alpha value is -2.45. The van der Waals surface area contributed by atoms with Crippen LogP contribution in [0, 0.1) is 15.5 Å². The van der Waals surface area contributed by atoms with E-state index < -0.39 is 32.2 Å². The molecule has 1 aliphatic rings. The molecule has 2 unspecified atom stereocenters. The van der Waals surface area contributed by atoms with E-state index in [4.69, 9.17) is 0 Å². The molecule has 0 aromatic heterocycles. The lowest BCUT2D eigenvalue weighted by Crippen LogP contribution is -2.43. The second kappa shape index (κ2) is 10.4. The van der Waals surface area contributed by atoms with Gasteiger partial charge in [0, 0.05) is 43.2 Å². The van der Waals surface area contributed by atoms with Gasteiger partial charge in [-0.1, -0.05) is 51.7 Å². The zero-order chi connectivity index (χ0) is 25.1. The maximum atomic E-state index is 13.8. The van der Waals surface area contributed by atoms with Gasteiger partial charge in [-0.05, 0) is 42.2 Å². The van der Waals surface area contributed by atoms with Gasteiger partial charge < -0.3 is 10.0 Å². The highest BCUT2D eigenvalue weighted by atomic mass is 32.2. The lowest BCUT2D eigenvalue weighted by atomic mass is 9.68. The highest BCUT2D eigenvalue weighted by Gasteiger charge is 2.49. The van der Waals surface area contributed by atoms with E-state index in [1.165, 1.54) is 12.1 Å². The second-order valence-corrected chi connectivity index (χ2v) is 11.7. The zero-order valence-electron chi connectivity index (χ0n) is 20.5. The van der Waals surface area contributed by atoms with Crippen molar-refractivity contribution >= 4 is 21.2 Å². The van der Waals surface area contributed by atoms with Crippen molar-refractivity contribution < 1.29 is 18.4 Å². The summed E-state index contributed by atoms with van der Waals surface area (Å²) in [6, 6.07) is 11.5. The topological polar surface area (TPSA) is 101 Å². The Morgan fingerprint density at radius 2 is 1.74 bits per heavy atom. The molecule has 0 radical (unpaired) electrons. The van der Waals surface area contributed by atoms with Crippen LogP contribution >= 0.6 is 0 Å². The van der Waals surface area contributed by atoms with E-state index in [0.29, 0.717) is 24.0 Å². The Kier molecular flexibility index (Phi) is 8.03. The monoisotopic (exact) mass is 488 g/mol. The Morgan fingerprint density at radius 3 is 2.29 bits per heavy atom. The molecule has 0 spiro atoms. The molecule has 0 aliphatic carbocycles. The van der Waals surface area contributed by atoms with Crippen LogP contribution in [0.2, 0.25) is 0 Å². The molecule has 3 rings (SSSR count). The van der Waals surface area contributed by atoms with Crippen LogP contribution in [0.3, 0.4) is 0 Å². The number of benzene rings is 2. The molecular formula is C26H36N2O5S. The van der Waals surface area contributed by atoms with Gasteiger partial charge in [-0.25, -0.2) is 8.42 Å². The molecule has 7 nitrogen and oxygen atoms in total. The highest BCUT2D eigenvalue weighted by molar-refractivity contribution is 7.91. The van der Waals surface area contributed by atoms with Crippen LogP contribution in [0.5, 0.6) is 0 Å². The Bertz CT molecular complexity index is 1120. The lowest BCUT2D eigenvalue weighted by molar-refractivity contribution is -0.384. The number of rotatable bonds is 9. The average molecular weight is 489 g/mol. The number of fused-ring (bicyclic) bond motifs is 1. The fourth-order valence-corrected chi connectivity index (χ4v) is 7.41. The van der Waals surface area contributed by atoms with Crippen molar-refractivity contribution in [2.75, 3.05) is 24.7 Å². The number of aliphatic hydroxyl groups excluding tert-OH is 1. The molecule has 1 N–H and O–H groups in total. The molecule has 34 heavy (non-hydrogen) atoms. The van der Waals surface area contributed by atoms with Crippen LogP contribution in [-0.2, 0) is 9.84 Å². The van der Waals surface area contributed by atoms with E-state index in [2.05, 4.69) is 13.8 Å². The summed E-state index contributed by atoms with van der Waals surface area (Å²) in [5.41, 5.74) is 0.973. The fraction of sp³-hybridized carbons (Fsp3) is 0.538. The zero-order valence-corrected chi connectivity index (χ0v) is 21.3. The van der Waals surface area contributed by atoms with Crippen LogP contribution in [0.25, 0.3) is 0 Å². The van der Waals surface area contributed by atoms with E-state index in [9.17, 15) is 23.6 Å². The molecule has 2 atom stereocenters. The van der Waals surface area contributed by atoms with Gasteiger partial charge >= 0.3 is 0 Å². The second-order valence-electron chi connectivity index (χ2n) is 9.72. The molecule has 2 aromatic rings. The Morgan fingerprint density at radius 1 is 1.09 bits per heavy atom. The number of nitrogens with zero attached hydrogens (tertiary/aromatic N) is 2. The quantitative estimate of drug-likeness (QED) is 0.379. The van der Waals surface area contributed by atoms with Gasteiger partial charge in [-0.15, -0.1) is 0 Å². The van der Waals surface area contributed by atoms with Gasteiger partial charge in [-0.3, -0.25) is 10.1 Å². The van der Waals surface area contributed by atoms with E-state index in [1.807, 2.05) is 25.1 Å². The van der Waals surface area contributed by atoms with E-state index >= 15 is 0 Å². The van der Waals surface area contributed by atoms with Crippen molar-refractivity contribution in [3.63, 3.8) is 0 Å². The lowest BCUT2D eigenvalue weighted by Gasteiger charge is -2.40. The first-order valence-electron chi connectivity index (χ1n) is 12.0. The molecule has 0 saturated heterocycles. The summed E-state index contributed by atoms with van der Waals surface area (Å²) in [6.45, 7) is 4.11. The van der Waals surface area contributed by atoms with Crippen molar-refractivity contribution in [2.24, 2.45) is 5.41 Å². The Balaban J connectivity index is 2.34. The third-order valence-electron chi connectivity index (χ3n) is 7.10. The number of anilines is 1. The molecular weight excluding hydrogens is 452 g/mol. The maximum absolute atomic E-state index is 13.8. The molecule has 0 amide bonds. The van der Waals surface area contributed by atoms with Gasteiger partial charge in [0.2, 0.25) is 0 Å². The number of aliphatic hydroxyl groups is 1. The molecule has 8 heteroatoms. The van der Waals surface area contributed by atoms with Crippen molar-refractivity contribution in [1.82, 2.24) is 0 Å². The first-order valence-corrected chi connectivity index (χ1v) is 13.7. The summed E-state index contributed by atoms with van der Waals surface area (Å²) in [4.78, 5) is 13.2. The smallest absolute Gasteiger partial charge is 0.269 e. The third kappa shape index (κ3) is 5.13. The van der Waals surface area contributed by atoms with Crippen LogP contribution in [0.15, 0.2) is 47.4 Å². The predicted octanol–water partition coefficient (Wildman–Crippen LogP) is 5.31. The molecule has 2 aromatic carbocycles. The largest absolute Gasteiger partial charge is 0.392 e. The summed E-state index contributed by atoms with van der Waals surface area (Å²) in [7, 11) is 0.0450. The van der Waals surface area contributed by atoms with E-state index in [0.717, 1.165) is 31.4 Å². The summed E-state index contributed by atoms with van der Waals surface area (Å²) in [6.07, 6.45) is 3.56. The fourth-order valence-electron chi connectivity index (χ4n) is 5.22. The number of hydrogen-bond donors (Lipinski definition) is 1. The predicted molar refractivity (Wildman–Crippen MR) is 135 cm³/mol. The molecule has 1 heterocycles. The third-order valence-corrected chi connectivity index (χ3v) is 9.09. The van der Waals surface area contributed by atoms with Crippen LogP contribution < -0.4 is 4.90 Å². The van der Waals surface area contributed by atoms with Gasteiger partial charge in [0.05, 0.1) is 21.7 Å². The molecule has 186 valence electrons. The number of hydrogen-bond acceptors (Lipinski definition) is 6. The van der Waals surface area contributed by atoms with Gasteiger partial charge in [-0.2, -0.15) is 0 Å². The van der Waals surface area contributed by atoms with E-state index in [1.54, 1.807) is 24.3 Å². The van der Waals surface area contributed by atoms with E-state index in [-0.39, 0.29) is 16.3 Å². The number of non-ortho nitro benzene ring substituents is 1. The minimum Gasteiger partial charge on any atom is -0.392 e. The van der Waals surface area contributed by atoms with Crippen molar-refractivity contribution in [2.45, 2.75) is 69.3 Å². The number of nitro groups is 1. The van der Waals surface area contributed by atoms with Crippen LogP contribution in [0.4, 0.5) is 11.4 Å². The minimum absolute atomic E-state index is 0.0742. The summed E-state index contributed by atoms with van der Waals surface area (Å²) in [5, 5.41) is 23.6. The summed E-state index contributed by atoms with van der Waals surface area (Å²) >= 11 is 0. The normalized spacial score (nSPS) is 20.9. The van der Waals surface area contributed by atoms with Gasteiger partial charge in [0.1, 0.15) is 0 Å². The number of nitro benzene ring substituents is 1. The first kappa shape index (κ1) is 26.2. The first-order chi connectivity index (χ1) is 16.1. The van der Waals surface area contributed by atoms with Gasteiger partial charge in [0.15, 0.2) is 9.84 Å². The molecule has 0 bridgehead atoms. The molecule has 1 aliphatic heterocycles. The Labute approximate surface area is 202 Å². The maximum Gasteiger partial charge on any atom is 0.269 e. The SMILES string of the molecule is CCCCC1(CCCC)CS(=O)(=O)c2ccc(N(C)C)cc2C(c2cccc([N+](=O)[O-])c2)C1O. The minimum atomic E-state index is -3.70. The number of unbranched alkanes of at least 4 members (excludes halogenated alkanes) is 2. The summed E-state index contributed by atoms with van der Waals surface area (Å²) < 4.78 is 27.6. The van der Waals surface area contributed by atoms with Crippen molar-refractivity contribution in [3.05, 3.63) is 63.7 Å². The average Bonchev–Trinajstić information content (AvgIpc) is 2.87. The van der Waals surface area contributed by atoms with Crippen LogP contribution in [-0.4, -0.2) is 44.4 Å². The molecule has 0 fully saturated rings. The van der Waals surface area contributed by atoms with Gasteiger partial charge in [0.25, 0.3) is 5.69 Å². The van der Waals surface area contributed by atoms with Crippen molar-refractivity contribution in [3.8, 4) is 0 Å². The highest BCUT2D eigenvalue weighted by Crippen LogP contribution is 2.50. The number of sulfone groups is 1.